The van der Waals surface area contributed by atoms with Crippen LogP contribution in [0.15, 0.2) is 30.3 Å². The number of nitrogens with one attached hydrogen (secondary N) is 4. The minimum absolute atomic E-state index is 0. The Kier molecular flexibility index (Phi) is 17.5. The van der Waals surface area contributed by atoms with Gasteiger partial charge in [-0.3, -0.25) is 14.4 Å². The Morgan fingerprint density at radius 1 is 0.900 bits per heavy atom. The summed E-state index contributed by atoms with van der Waals surface area (Å²) in [6.45, 7) is 0.650. The lowest BCUT2D eigenvalue weighted by Gasteiger charge is -2.24. The molecule has 226 valence electrons. The molecule has 4 amide bonds. The molecule has 1 aromatic rings. The predicted octanol–water partition coefficient (Wildman–Crippen LogP) is 1.64. The van der Waals surface area contributed by atoms with Crippen molar-refractivity contribution in [3.63, 3.8) is 0 Å². The summed E-state index contributed by atoms with van der Waals surface area (Å²) in [4.78, 5) is 62.1. The van der Waals surface area contributed by atoms with E-state index in [0.29, 0.717) is 31.6 Å². The number of alkyl carbamates (subject to hydrolysis) is 1. The molecule has 0 aromatic heterocycles. The molecule has 2 saturated carbocycles. The van der Waals surface area contributed by atoms with E-state index in [1.807, 2.05) is 30.3 Å². The van der Waals surface area contributed by atoms with E-state index >= 15 is 0 Å². The number of aldehydes is 1. The number of ether oxygens (including phenoxy) is 1. The van der Waals surface area contributed by atoms with Crippen molar-refractivity contribution >= 4 is 84.1 Å². The van der Waals surface area contributed by atoms with Crippen LogP contribution in [0, 0.1) is 17.8 Å². The molecule has 14 heteroatoms. The highest BCUT2D eigenvalue weighted by Gasteiger charge is 2.40. The number of carbonyl (C=O) groups excluding carboxylic acids is 5. The maximum Gasteiger partial charge on any atom is 0.408 e. The maximum absolute atomic E-state index is 13.1. The second-order valence-corrected chi connectivity index (χ2v) is 10.0. The third kappa shape index (κ3) is 11.8. The fourth-order valence-electron chi connectivity index (χ4n) is 4.51. The largest absolute Gasteiger partial charge is 0.445 e. The van der Waals surface area contributed by atoms with E-state index in [1.54, 1.807) is 0 Å². The van der Waals surface area contributed by atoms with Crippen LogP contribution in [0.4, 0.5) is 4.79 Å². The summed E-state index contributed by atoms with van der Waals surface area (Å²) in [6.07, 6.45) is 4.82. The number of carbonyl (C=O) groups is 5. The summed E-state index contributed by atoms with van der Waals surface area (Å²) >= 11 is 0. The molecule has 10 nitrogen and oxygen atoms in total. The van der Waals surface area contributed by atoms with Crippen molar-refractivity contribution in [2.75, 3.05) is 6.54 Å². The molecule has 4 atom stereocenters. The van der Waals surface area contributed by atoms with Gasteiger partial charge in [-0.1, -0.05) is 43.2 Å². The molecule has 40 heavy (non-hydrogen) atoms. The lowest BCUT2D eigenvalue weighted by atomic mass is 9.98. The first-order valence-electron chi connectivity index (χ1n) is 12.7. The van der Waals surface area contributed by atoms with Crippen LogP contribution in [0.2, 0.25) is 0 Å². The van der Waals surface area contributed by atoms with Crippen molar-refractivity contribution in [1.29, 1.82) is 0 Å². The summed E-state index contributed by atoms with van der Waals surface area (Å²) in [6, 6.07) is 6.81. The second-order valence-electron chi connectivity index (χ2n) is 10.0. The number of rotatable bonds is 13. The first-order chi connectivity index (χ1) is 17.4. The molecule has 1 heterocycles. The monoisotopic (exact) mass is 634 g/mol. The molecule has 0 unspecified atom stereocenters. The van der Waals surface area contributed by atoms with Gasteiger partial charge in [-0.15, -0.1) is 0 Å². The minimum Gasteiger partial charge on any atom is -0.445 e. The van der Waals surface area contributed by atoms with E-state index < -0.39 is 36.0 Å². The third-order valence-electron chi connectivity index (χ3n) is 6.95. The van der Waals surface area contributed by atoms with Crippen LogP contribution in [-0.2, 0) is 30.5 Å². The molecular formula is C26H42N4O6S4. The van der Waals surface area contributed by atoms with Gasteiger partial charge in [0, 0.05) is 12.5 Å². The lowest BCUT2D eigenvalue weighted by molar-refractivity contribution is -0.131. The van der Waals surface area contributed by atoms with Gasteiger partial charge >= 0.3 is 6.09 Å². The van der Waals surface area contributed by atoms with Crippen LogP contribution < -0.4 is 21.3 Å². The first-order valence-corrected chi connectivity index (χ1v) is 12.7. The molecule has 4 N–H and O–H groups in total. The summed E-state index contributed by atoms with van der Waals surface area (Å²) < 4.78 is 5.27. The summed E-state index contributed by atoms with van der Waals surface area (Å²) in [5.41, 5.74) is 0.834. The average molecular weight is 635 g/mol. The quantitative estimate of drug-likeness (QED) is 0.243. The van der Waals surface area contributed by atoms with Gasteiger partial charge in [-0.2, -0.15) is 54.0 Å². The predicted molar refractivity (Wildman–Crippen MR) is 171 cm³/mol. The Hall–Kier alpha value is -2.03. The minimum atomic E-state index is -0.826. The van der Waals surface area contributed by atoms with Crippen molar-refractivity contribution in [3.8, 4) is 0 Å². The fraction of sp³-hybridized carbons (Fsp3) is 0.577. The number of hydrogen-bond donors (Lipinski definition) is 4. The highest BCUT2D eigenvalue weighted by molar-refractivity contribution is 7.59. The van der Waals surface area contributed by atoms with E-state index in [9.17, 15) is 24.0 Å². The average Bonchev–Trinajstić information content (AvgIpc) is 3.81. The topological polar surface area (TPSA) is 143 Å². The summed E-state index contributed by atoms with van der Waals surface area (Å²) in [5, 5.41) is 10.9. The molecular weight excluding hydrogens is 593 g/mol. The van der Waals surface area contributed by atoms with Gasteiger partial charge in [0.05, 0.1) is 6.04 Å². The van der Waals surface area contributed by atoms with E-state index in [-0.39, 0.29) is 84.8 Å². The molecule has 0 bridgehead atoms. The molecule has 3 fully saturated rings. The molecule has 0 spiro atoms. The van der Waals surface area contributed by atoms with E-state index in [4.69, 9.17) is 4.74 Å². The highest BCUT2D eigenvalue weighted by Crippen LogP contribution is 2.35. The Balaban J connectivity index is 0.00000380. The van der Waals surface area contributed by atoms with E-state index in [2.05, 4.69) is 21.3 Å². The molecule has 4 rings (SSSR count). The smallest absolute Gasteiger partial charge is 0.408 e. The number of hydrogen-bond acceptors (Lipinski definition) is 6. The van der Waals surface area contributed by atoms with Crippen molar-refractivity contribution < 1.29 is 28.7 Å². The highest BCUT2D eigenvalue weighted by atomic mass is 32.1. The Labute approximate surface area is 263 Å². The fourth-order valence-corrected chi connectivity index (χ4v) is 4.51. The van der Waals surface area contributed by atoms with Gasteiger partial charge in [0.25, 0.3) is 0 Å². The van der Waals surface area contributed by atoms with Crippen molar-refractivity contribution in [2.24, 2.45) is 17.8 Å². The molecule has 0 radical (unpaired) electrons. The first kappa shape index (κ1) is 38.0. The zero-order valence-electron chi connectivity index (χ0n) is 22.2. The zero-order chi connectivity index (χ0) is 25.5. The maximum atomic E-state index is 13.1. The Bertz CT molecular complexity index is 981. The van der Waals surface area contributed by atoms with Crippen molar-refractivity contribution in [3.05, 3.63) is 35.9 Å². The van der Waals surface area contributed by atoms with Gasteiger partial charge < -0.3 is 30.8 Å². The Morgan fingerprint density at radius 3 is 2.12 bits per heavy atom. The standard InChI is InChI=1S/C26H34N4O6.4H2S/c31-14-20(13-19-10-11-27-23(19)32)28-24(33)21(12-16-6-7-16)29-25(34)22(18-8-9-18)30-26(35)36-15-17-4-2-1-3-5-17;;;;/h1-5,14,16,18-22H,6-13,15H2,(H,27,32)(H,28,33)(H,29,34)(H,30,35);4*1H2/t19-,20-,21-,22-;;;;/m0..../s1. The van der Waals surface area contributed by atoms with Gasteiger partial charge in [0.1, 0.15) is 25.0 Å². The van der Waals surface area contributed by atoms with Gasteiger partial charge in [-0.25, -0.2) is 4.79 Å². The second kappa shape index (κ2) is 18.4. The molecule has 3 aliphatic rings. The third-order valence-corrected chi connectivity index (χ3v) is 6.95. The summed E-state index contributed by atoms with van der Waals surface area (Å²) in [5.74, 6) is -1.000. The van der Waals surface area contributed by atoms with Gasteiger partial charge in [0.15, 0.2) is 0 Å². The number of benzene rings is 1. The lowest BCUT2D eigenvalue weighted by Crippen LogP contribution is -2.56. The SMILES string of the molecule is O=C[C@H](C[C@@H]1CCNC1=O)NC(=O)[C@H](CC1CC1)NC(=O)[C@@H](NC(=O)OCc1ccccc1)C1CC1.S.S.S.S. The molecule has 1 aliphatic heterocycles. The molecule has 1 aromatic carbocycles. The Morgan fingerprint density at radius 2 is 1.57 bits per heavy atom. The van der Waals surface area contributed by atoms with Crippen LogP contribution in [0.1, 0.15) is 50.5 Å². The van der Waals surface area contributed by atoms with E-state index in [0.717, 1.165) is 31.2 Å². The van der Waals surface area contributed by atoms with Gasteiger partial charge in [0.2, 0.25) is 17.7 Å². The molecule has 1 saturated heterocycles. The van der Waals surface area contributed by atoms with Crippen LogP contribution in [0.25, 0.3) is 0 Å². The van der Waals surface area contributed by atoms with Gasteiger partial charge in [-0.05, 0) is 49.5 Å². The van der Waals surface area contributed by atoms with Crippen LogP contribution in [0.5, 0.6) is 0 Å². The summed E-state index contributed by atoms with van der Waals surface area (Å²) in [7, 11) is 0. The van der Waals surface area contributed by atoms with Crippen LogP contribution in [0.3, 0.4) is 0 Å². The molecule has 2 aliphatic carbocycles. The normalized spacial score (nSPS) is 19.3. The van der Waals surface area contributed by atoms with Crippen LogP contribution >= 0.6 is 54.0 Å². The van der Waals surface area contributed by atoms with E-state index in [1.165, 1.54) is 0 Å². The van der Waals surface area contributed by atoms with Crippen molar-refractivity contribution in [1.82, 2.24) is 21.3 Å². The zero-order valence-corrected chi connectivity index (χ0v) is 26.2. The van der Waals surface area contributed by atoms with Crippen molar-refractivity contribution in [2.45, 2.75) is 69.7 Å². The number of amides is 4. The van der Waals surface area contributed by atoms with Crippen LogP contribution in [-0.4, -0.2) is 54.8 Å².